The number of benzene rings is 1. The topological polar surface area (TPSA) is 49.3 Å². The molecule has 1 aliphatic rings. The fraction of sp³-hybridized carbons (Fsp3) is 0.143. The average molecular weight is 288 g/mol. The van der Waals surface area contributed by atoms with Crippen molar-refractivity contribution in [2.24, 2.45) is 4.40 Å². The van der Waals surface area contributed by atoms with E-state index in [1.54, 1.807) is 18.5 Å². The maximum atomic E-state index is 13.1. The maximum absolute atomic E-state index is 13.1. The number of fused-ring (bicyclic) bond motifs is 1. The molecular formula is C14H13FN4S. The third-order valence-corrected chi connectivity index (χ3v) is 3.70. The van der Waals surface area contributed by atoms with E-state index in [0.717, 1.165) is 23.5 Å². The number of aromatic nitrogens is 1. The molecule has 0 fully saturated rings. The standard InChI is InChI=1S/C14H13FN4S/c15-11-1-2-12-13(9-11)20-19-14(18-12)17-8-5-10-3-6-16-7-4-10/h1-4,6-7,9H,5,8H2,(H2,17,18,19). The summed E-state index contributed by atoms with van der Waals surface area (Å²) in [5, 5.41) is 6.38. The van der Waals surface area contributed by atoms with E-state index < -0.39 is 0 Å². The summed E-state index contributed by atoms with van der Waals surface area (Å²) >= 11 is 1.27. The Balaban J connectivity index is 1.55. The van der Waals surface area contributed by atoms with Gasteiger partial charge in [-0.05, 0) is 42.3 Å². The van der Waals surface area contributed by atoms with Crippen molar-refractivity contribution in [3.05, 3.63) is 54.1 Å². The SMILES string of the molecule is Fc1ccc2c(c1)SN=C(NCCc1ccncc1)N2. The summed E-state index contributed by atoms with van der Waals surface area (Å²) < 4.78 is 17.3. The molecule has 0 atom stereocenters. The molecule has 6 heteroatoms. The molecule has 2 heterocycles. The third kappa shape index (κ3) is 3.08. The minimum absolute atomic E-state index is 0.248. The maximum Gasteiger partial charge on any atom is 0.207 e. The first kappa shape index (κ1) is 12.9. The molecule has 0 amide bonds. The number of pyridine rings is 1. The molecule has 20 heavy (non-hydrogen) atoms. The highest BCUT2D eigenvalue weighted by molar-refractivity contribution is 7.98. The molecule has 3 rings (SSSR count). The number of hydrogen-bond donors (Lipinski definition) is 2. The summed E-state index contributed by atoms with van der Waals surface area (Å²) in [4.78, 5) is 4.78. The predicted octanol–water partition coefficient (Wildman–Crippen LogP) is 2.84. The fourth-order valence-corrected chi connectivity index (χ4v) is 2.55. The van der Waals surface area contributed by atoms with Crippen LogP contribution in [-0.2, 0) is 6.42 Å². The number of guanidine groups is 1. The Morgan fingerprint density at radius 1 is 1.20 bits per heavy atom. The van der Waals surface area contributed by atoms with Gasteiger partial charge in [-0.3, -0.25) is 4.98 Å². The van der Waals surface area contributed by atoms with E-state index >= 15 is 0 Å². The van der Waals surface area contributed by atoms with E-state index in [1.165, 1.54) is 29.6 Å². The van der Waals surface area contributed by atoms with Crippen LogP contribution in [0.25, 0.3) is 0 Å². The molecule has 1 aromatic carbocycles. The molecule has 2 aromatic rings. The van der Waals surface area contributed by atoms with Gasteiger partial charge >= 0.3 is 0 Å². The Labute approximate surface area is 120 Å². The molecule has 0 saturated carbocycles. The first-order valence-electron chi connectivity index (χ1n) is 6.25. The second-order valence-corrected chi connectivity index (χ2v) is 5.13. The van der Waals surface area contributed by atoms with Crippen LogP contribution in [0, 0.1) is 5.82 Å². The average Bonchev–Trinajstić information content (AvgIpc) is 2.48. The first-order chi connectivity index (χ1) is 9.81. The minimum Gasteiger partial charge on any atom is -0.355 e. The number of nitrogens with zero attached hydrogens (tertiary/aromatic N) is 2. The molecule has 4 nitrogen and oxygen atoms in total. The highest BCUT2D eigenvalue weighted by Crippen LogP contribution is 2.31. The number of halogens is 1. The molecule has 1 aliphatic heterocycles. The van der Waals surface area contributed by atoms with E-state index in [2.05, 4.69) is 20.0 Å². The van der Waals surface area contributed by atoms with Crippen molar-refractivity contribution in [2.45, 2.75) is 11.3 Å². The van der Waals surface area contributed by atoms with Crippen LogP contribution in [-0.4, -0.2) is 17.5 Å². The van der Waals surface area contributed by atoms with E-state index in [-0.39, 0.29) is 5.82 Å². The van der Waals surface area contributed by atoms with Gasteiger partial charge in [-0.2, -0.15) is 4.40 Å². The van der Waals surface area contributed by atoms with Crippen molar-refractivity contribution in [1.29, 1.82) is 0 Å². The smallest absolute Gasteiger partial charge is 0.207 e. The Morgan fingerprint density at radius 3 is 2.90 bits per heavy atom. The van der Waals surface area contributed by atoms with Crippen molar-refractivity contribution >= 4 is 23.6 Å². The summed E-state index contributed by atoms with van der Waals surface area (Å²) in [5.74, 6) is 0.450. The van der Waals surface area contributed by atoms with Gasteiger partial charge in [0.15, 0.2) is 0 Å². The molecule has 0 radical (unpaired) electrons. The molecule has 2 N–H and O–H groups in total. The monoisotopic (exact) mass is 288 g/mol. The zero-order valence-electron chi connectivity index (χ0n) is 10.6. The summed E-state index contributed by atoms with van der Waals surface area (Å²) in [6.45, 7) is 0.771. The molecular weight excluding hydrogens is 275 g/mol. The largest absolute Gasteiger partial charge is 0.355 e. The van der Waals surface area contributed by atoms with Gasteiger partial charge in [0.2, 0.25) is 5.96 Å². The van der Waals surface area contributed by atoms with Crippen molar-refractivity contribution in [3.8, 4) is 0 Å². The normalized spacial score (nSPS) is 13.2. The highest BCUT2D eigenvalue weighted by atomic mass is 32.2. The zero-order valence-corrected chi connectivity index (χ0v) is 11.5. The lowest BCUT2D eigenvalue weighted by Gasteiger charge is -2.18. The van der Waals surface area contributed by atoms with E-state index in [9.17, 15) is 4.39 Å². The summed E-state index contributed by atoms with van der Waals surface area (Å²) in [7, 11) is 0. The summed E-state index contributed by atoms with van der Waals surface area (Å²) in [6.07, 6.45) is 4.46. The second-order valence-electron chi connectivity index (χ2n) is 4.33. The number of hydrogen-bond acceptors (Lipinski definition) is 5. The van der Waals surface area contributed by atoms with Crippen LogP contribution in [0.4, 0.5) is 10.1 Å². The number of anilines is 1. The van der Waals surface area contributed by atoms with Crippen LogP contribution >= 0.6 is 11.9 Å². The van der Waals surface area contributed by atoms with Crippen LogP contribution in [0.15, 0.2) is 52.0 Å². The van der Waals surface area contributed by atoms with Gasteiger partial charge in [0.1, 0.15) is 5.82 Å². The Bertz CT molecular complexity index is 630. The quantitative estimate of drug-likeness (QED) is 0.853. The minimum atomic E-state index is -0.248. The van der Waals surface area contributed by atoms with E-state index in [1.807, 2.05) is 12.1 Å². The van der Waals surface area contributed by atoms with Crippen molar-refractivity contribution in [1.82, 2.24) is 10.3 Å². The van der Waals surface area contributed by atoms with E-state index in [4.69, 9.17) is 0 Å². The van der Waals surface area contributed by atoms with Crippen LogP contribution in [0.3, 0.4) is 0 Å². The van der Waals surface area contributed by atoms with Crippen LogP contribution < -0.4 is 10.6 Å². The van der Waals surface area contributed by atoms with Crippen LogP contribution in [0.5, 0.6) is 0 Å². The molecule has 0 bridgehead atoms. The number of rotatable bonds is 3. The summed E-state index contributed by atoms with van der Waals surface area (Å²) in [5.41, 5.74) is 2.09. The van der Waals surface area contributed by atoms with Crippen LogP contribution in [0.2, 0.25) is 0 Å². The van der Waals surface area contributed by atoms with Gasteiger partial charge in [0, 0.05) is 30.9 Å². The van der Waals surface area contributed by atoms with E-state index in [0.29, 0.717) is 5.96 Å². The summed E-state index contributed by atoms with van der Waals surface area (Å²) in [6, 6.07) is 8.61. The van der Waals surface area contributed by atoms with Gasteiger partial charge in [0.05, 0.1) is 10.6 Å². The van der Waals surface area contributed by atoms with Gasteiger partial charge in [-0.15, -0.1) is 0 Å². The molecule has 0 saturated heterocycles. The Morgan fingerprint density at radius 2 is 2.05 bits per heavy atom. The Kier molecular flexibility index (Phi) is 3.83. The zero-order chi connectivity index (χ0) is 13.8. The van der Waals surface area contributed by atoms with Crippen molar-refractivity contribution in [3.63, 3.8) is 0 Å². The fourth-order valence-electron chi connectivity index (χ4n) is 1.87. The molecule has 102 valence electrons. The molecule has 0 unspecified atom stereocenters. The molecule has 0 spiro atoms. The molecule has 1 aromatic heterocycles. The first-order valence-corrected chi connectivity index (χ1v) is 7.03. The van der Waals surface area contributed by atoms with Crippen LogP contribution in [0.1, 0.15) is 5.56 Å². The van der Waals surface area contributed by atoms with Gasteiger partial charge in [-0.25, -0.2) is 4.39 Å². The van der Waals surface area contributed by atoms with Gasteiger partial charge < -0.3 is 10.6 Å². The van der Waals surface area contributed by atoms with Gasteiger partial charge in [0.25, 0.3) is 0 Å². The highest BCUT2D eigenvalue weighted by Gasteiger charge is 2.12. The van der Waals surface area contributed by atoms with Crippen molar-refractivity contribution < 1.29 is 4.39 Å². The Hall–Kier alpha value is -2.08. The lowest BCUT2D eigenvalue weighted by atomic mass is 10.2. The predicted molar refractivity (Wildman–Crippen MR) is 79.3 cm³/mol. The lowest BCUT2D eigenvalue weighted by Crippen LogP contribution is -2.33. The number of nitrogens with one attached hydrogen (secondary N) is 2. The van der Waals surface area contributed by atoms with Crippen molar-refractivity contribution in [2.75, 3.05) is 11.9 Å². The molecule has 0 aliphatic carbocycles. The lowest BCUT2D eigenvalue weighted by molar-refractivity contribution is 0.624. The third-order valence-electron chi connectivity index (χ3n) is 2.89. The second kappa shape index (κ2) is 5.92. The van der Waals surface area contributed by atoms with Gasteiger partial charge in [-0.1, -0.05) is 0 Å².